The minimum Gasteiger partial charge on any atom is -0.462 e. The van der Waals surface area contributed by atoms with Gasteiger partial charge in [-0.1, -0.05) is 18.2 Å². The highest BCUT2D eigenvalue weighted by Gasteiger charge is 2.15. The number of aromatic nitrogens is 1. The summed E-state index contributed by atoms with van der Waals surface area (Å²) in [6.07, 6.45) is 0. The van der Waals surface area contributed by atoms with Gasteiger partial charge in [0.25, 0.3) is 5.91 Å². The first-order valence-corrected chi connectivity index (χ1v) is 10.0. The summed E-state index contributed by atoms with van der Waals surface area (Å²) in [5, 5.41) is 4.43. The first kappa shape index (κ1) is 20.9. The van der Waals surface area contributed by atoms with Crippen molar-refractivity contribution in [2.24, 2.45) is 0 Å². The Hall–Kier alpha value is -4.33. The van der Waals surface area contributed by atoms with Crippen molar-refractivity contribution in [3.63, 3.8) is 0 Å². The van der Waals surface area contributed by atoms with Crippen LogP contribution in [0, 0.1) is 0 Å². The smallest absolute Gasteiger partial charge is 0.439 e. The summed E-state index contributed by atoms with van der Waals surface area (Å²) >= 11 is 0. The lowest BCUT2D eigenvalue weighted by atomic mass is 10.1. The van der Waals surface area contributed by atoms with Crippen LogP contribution in [-0.4, -0.2) is 30.2 Å². The van der Waals surface area contributed by atoms with Crippen molar-refractivity contribution in [1.29, 1.82) is 0 Å². The Kier molecular flexibility index (Phi) is 5.76. The molecule has 1 aromatic heterocycles. The van der Waals surface area contributed by atoms with E-state index in [0.717, 1.165) is 0 Å². The van der Waals surface area contributed by atoms with E-state index in [0.29, 0.717) is 40.2 Å². The highest BCUT2D eigenvalue weighted by molar-refractivity contribution is 6.05. The highest BCUT2D eigenvalue weighted by Crippen LogP contribution is 2.20. The van der Waals surface area contributed by atoms with E-state index in [-0.39, 0.29) is 5.91 Å². The normalized spacial score (nSPS) is 10.7. The summed E-state index contributed by atoms with van der Waals surface area (Å²) in [4.78, 5) is 36.9. The Bertz CT molecular complexity index is 1340. The van der Waals surface area contributed by atoms with Gasteiger partial charge in [0.15, 0.2) is 5.58 Å². The summed E-state index contributed by atoms with van der Waals surface area (Å²) in [5.74, 6) is -1.26. The fourth-order valence-electron chi connectivity index (χ4n) is 3.31. The molecule has 0 atom stereocenters. The van der Waals surface area contributed by atoms with Crippen molar-refractivity contribution in [3.8, 4) is 0 Å². The largest absolute Gasteiger partial charge is 0.462 e. The first-order valence-electron chi connectivity index (χ1n) is 10.0. The molecule has 1 amide bonds. The second kappa shape index (κ2) is 8.81. The number of oxazole rings is 1. The third kappa shape index (κ3) is 4.11. The van der Waals surface area contributed by atoms with Crippen LogP contribution in [0.25, 0.3) is 11.1 Å². The molecule has 32 heavy (non-hydrogen) atoms. The van der Waals surface area contributed by atoms with Crippen LogP contribution in [0.5, 0.6) is 0 Å². The summed E-state index contributed by atoms with van der Waals surface area (Å²) in [7, 11) is 1.72. The zero-order valence-electron chi connectivity index (χ0n) is 17.6. The third-order valence-corrected chi connectivity index (χ3v) is 4.90. The van der Waals surface area contributed by atoms with Gasteiger partial charge in [0, 0.05) is 18.3 Å². The molecule has 8 heteroatoms. The minimum atomic E-state index is -0.523. The molecular weight excluding hydrogens is 410 g/mol. The maximum atomic E-state index is 12.8. The number of fused-ring (bicyclic) bond motifs is 1. The molecule has 1 heterocycles. The molecule has 0 aliphatic heterocycles. The fraction of sp³-hybridized carbons (Fsp3) is 0.125. The van der Waals surface area contributed by atoms with Gasteiger partial charge in [0.05, 0.1) is 17.9 Å². The van der Waals surface area contributed by atoms with E-state index in [1.54, 1.807) is 85.7 Å². The maximum absolute atomic E-state index is 12.8. The Balaban J connectivity index is 1.55. The molecule has 0 bridgehead atoms. The van der Waals surface area contributed by atoms with Crippen LogP contribution in [0.4, 0.5) is 11.4 Å². The van der Waals surface area contributed by atoms with E-state index in [2.05, 4.69) is 5.32 Å². The topological polar surface area (TPSA) is 93.8 Å². The first-order chi connectivity index (χ1) is 15.5. The number of para-hydroxylation sites is 2. The standard InChI is InChI=1S/C24H21N3O5/c1-3-31-23(29)16-11-13-18(14-12-16)25-22(28)17-7-6-8-19(15-17)26(2)27-20-9-4-5-10-21(20)32-24(27)30/h4-15H,3H2,1-2H3,(H,25,28). The van der Waals surface area contributed by atoms with E-state index in [4.69, 9.17) is 9.15 Å². The van der Waals surface area contributed by atoms with Crippen LogP contribution in [0.3, 0.4) is 0 Å². The average molecular weight is 431 g/mol. The van der Waals surface area contributed by atoms with Gasteiger partial charge in [-0.25, -0.2) is 9.59 Å². The number of nitrogens with one attached hydrogen (secondary N) is 1. The number of benzene rings is 3. The van der Waals surface area contributed by atoms with Gasteiger partial charge < -0.3 is 14.5 Å². The van der Waals surface area contributed by atoms with Gasteiger partial charge in [0.1, 0.15) is 5.52 Å². The lowest BCUT2D eigenvalue weighted by molar-refractivity contribution is 0.0526. The molecule has 0 radical (unpaired) electrons. The maximum Gasteiger partial charge on any atom is 0.439 e. The van der Waals surface area contributed by atoms with Crippen molar-refractivity contribution in [3.05, 3.63) is 94.5 Å². The monoisotopic (exact) mass is 431 g/mol. The molecule has 3 aromatic carbocycles. The molecule has 0 spiro atoms. The minimum absolute atomic E-state index is 0.294. The third-order valence-electron chi connectivity index (χ3n) is 4.90. The summed E-state index contributed by atoms with van der Waals surface area (Å²) in [5.41, 5.74) is 3.08. The Labute approximate surface area is 183 Å². The van der Waals surface area contributed by atoms with Crippen molar-refractivity contribution in [2.45, 2.75) is 6.92 Å². The Morgan fingerprint density at radius 3 is 2.50 bits per heavy atom. The summed E-state index contributed by atoms with van der Waals surface area (Å²) in [6, 6.07) is 20.4. The van der Waals surface area contributed by atoms with Gasteiger partial charge in [-0.2, -0.15) is 4.68 Å². The number of anilines is 2. The fourth-order valence-corrected chi connectivity index (χ4v) is 3.31. The Morgan fingerprint density at radius 2 is 1.75 bits per heavy atom. The number of rotatable bonds is 6. The molecular formula is C24H21N3O5. The highest BCUT2D eigenvalue weighted by atomic mass is 16.5. The number of carbonyl (C=O) groups excluding carboxylic acids is 2. The number of carbonyl (C=O) groups is 2. The molecule has 1 N–H and O–H groups in total. The zero-order valence-corrected chi connectivity index (χ0v) is 17.6. The van der Waals surface area contributed by atoms with Gasteiger partial charge in [-0.15, -0.1) is 0 Å². The number of hydrogen-bond donors (Lipinski definition) is 1. The molecule has 8 nitrogen and oxygen atoms in total. The predicted octanol–water partition coefficient (Wildman–Crippen LogP) is 3.92. The second-order valence-electron chi connectivity index (χ2n) is 6.97. The van der Waals surface area contributed by atoms with Crippen molar-refractivity contribution in [1.82, 2.24) is 4.68 Å². The quantitative estimate of drug-likeness (QED) is 0.465. The van der Waals surface area contributed by atoms with E-state index in [1.165, 1.54) is 4.68 Å². The van der Waals surface area contributed by atoms with Gasteiger partial charge in [0.2, 0.25) is 0 Å². The van der Waals surface area contributed by atoms with E-state index >= 15 is 0 Å². The van der Waals surface area contributed by atoms with E-state index in [1.807, 2.05) is 6.07 Å². The van der Waals surface area contributed by atoms with Crippen LogP contribution in [0.1, 0.15) is 27.6 Å². The zero-order chi connectivity index (χ0) is 22.7. The summed E-state index contributed by atoms with van der Waals surface area (Å²) < 4.78 is 11.7. The average Bonchev–Trinajstić information content (AvgIpc) is 3.15. The van der Waals surface area contributed by atoms with Gasteiger partial charge in [-0.05, 0) is 61.5 Å². The second-order valence-corrected chi connectivity index (χ2v) is 6.97. The molecule has 0 aliphatic carbocycles. The number of esters is 1. The molecule has 0 unspecified atom stereocenters. The number of hydrogen-bond acceptors (Lipinski definition) is 6. The van der Waals surface area contributed by atoms with Gasteiger partial charge >= 0.3 is 11.7 Å². The lowest BCUT2D eigenvalue weighted by Crippen LogP contribution is -2.32. The number of ether oxygens (including phenoxy) is 1. The van der Waals surface area contributed by atoms with Crippen LogP contribution in [0.15, 0.2) is 82.0 Å². The van der Waals surface area contributed by atoms with Crippen LogP contribution >= 0.6 is 0 Å². The van der Waals surface area contributed by atoms with Crippen molar-refractivity contribution >= 4 is 34.4 Å². The van der Waals surface area contributed by atoms with Crippen molar-refractivity contribution in [2.75, 3.05) is 24.0 Å². The van der Waals surface area contributed by atoms with E-state index in [9.17, 15) is 14.4 Å². The lowest BCUT2D eigenvalue weighted by Gasteiger charge is -2.20. The van der Waals surface area contributed by atoms with E-state index < -0.39 is 11.7 Å². The molecule has 162 valence electrons. The molecule has 0 aliphatic rings. The number of nitrogens with zero attached hydrogens (tertiary/aromatic N) is 2. The van der Waals surface area contributed by atoms with Crippen LogP contribution in [-0.2, 0) is 4.74 Å². The number of amides is 1. The van der Waals surface area contributed by atoms with Gasteiger partial charge in [-0.3, -0.25) is 9.80 Å². The molecule has 0 saturated carbocycles. The molecule has 0 saturated heterocycles. The molecule has 0 fully saturated rings. The van der Waals surface area contributed by atoms with Crippen LogP contribution < -0.4 is 16.1 Å². The molecule has 4 rings (SSSR count). The summed E-state index contributed by atoms with van der Waals surface area (Å²) in [6.45, 7) is 2.03. The molecule has 4 aromatic rings. The Morgan fingerprint density at radius 1 is 1.00 bits per heavy atom. The predicted molar refractivity (Wildman–Crippen MR) is 121 cm³/mol. The van der Waals surface area contributed by atoms with Crippen molar-refractivity contribution < 1.29 is 18.7 Å². The SMILES string of the molecule is CCOC(=O)c1ccc(NC(=O)c2cccc(N(C)n3c(=O)oc4ccccc43)c2)cc1. The van der Waals surface area contributed by atoms with Crippen LogP contribution in [0.2, 0.25) is 0 Å².